The molecule has 0 aromatic rings. The fraction of sp³-hybridized carbons (Fsp3) is 1.00. The minimum atomic E-state index is -0.125. The summed E-state index contributed by atoms with van der Waals surface area (Å²) >= 11 is 0. The van der Waals surface area contributed by atoms with Crippen LogP contribution in [0.2, 0.25) is 0 Å². The Morgan fingerprint density at radius 3 is 2.80 bits per heavy atom. The Bertz CT molecular complexity index is 83.3. The summed E-state index contributed by atoms with van der Waals surface area (Å²) in [7, 11) is 0. The van der Waals surface area contributed by atoms with Crippen molar-refractivity contribution < 1.29 is 9.84 Å². The standard InChI is InChI=1S/C8H16O2/c1-7(9)4-2-3-5-8-6-10-8/h7-9H,2-6H2,1H3/t7-,8+/m0/s1. The lowest BCUT2D eigenvalue weighted by atomic mass is 10.1. The Labute approximate surface area is 62.2 Å². The van der Waals surface area contributed by atoms with E-state index in [2.05, 4.69) is 0 Å². The molecule has 0 aliphatic carbocycles. The molecular formula is C8H16O2. The molecule has 0 spiro atoms. The zero-order valence-corrected chi connectivity index (χ0v) is 6.55. The molecule has 1 heterocycles. The van der Waals surface area contributed by atoms with Gasteiger partial charge in [0.25, 0.3) is 0 Å². The van der Waals surface area contributed by atoms with Crippen molar-refractivity contribution in [3.8, 4) is 0 Å². The number of unbranched alkanes of at least 4 members (excludes halogenated alkanes) is 1. The highest BCUT2D eigenvalue weighted by Crippen LogP contribution is 2.17. The van der Waals surface area contributed by atoms with Gasteiger partial charge in [-0.05, 0) is 19.8 Å². The molecule has 2 nitrogen and oxygen atoms in total. The molecule has 0 radical (unpaired) electrons. The fourth-order valence-electron chi connectivity index (χ4n) is 1.05. The second-order valence-corrected chi connectivity index (χ2v) is 3.09. The molecule has 0 bridgehead atoms. The van der Waals surface area contributed by atoms with E-state index in [1.807, 2.05) is 6.92 Å². The third-order valence-electron chi connectivity index (χ3n) is 1.80. The average Bonchev–Trinajstić information content (AvgIpc) is 2.62. The number of rotatable bonds is 5. The summed E-state index contributed by atoms with van der Waals surface area (Å²) in [4.78, 5) is 0. The monoisotopic (exact) mass is 144 g/mol. The van der Waals surface area contributed by atoms with Crippen LogP contribution in [-0.2, 0) is 4.74 Å². The van der Waals surface area contributed by atoms with Crippen molar-refractivity contribution in [3.05, 3.63) is 0 Å². The van der Waals surface area contributed by atoms with Crippen molar-refractivity contribution >= 4 is 0 Å². The summed E-state index contributed by atoms with van der Waals surface area (Å²) in [6.45, 7) is 2.81. The van der Waals surface area contributed by atoms with Gasteiger partial charge in [0.1, 0.15) is 0 Å². The van der Waals surface area contributed by atoms with Gasteiger partial charge in [-0.15, -0.1) is 0 Å². The van der Waals surface area contributed by atoms with Crippen molar-refractivity contribution in [2.75, 3.05) is 6.61 Å². The normalized spacial score (nSPS) is 26.4. The van der Waals surface area contributed by atoms with Crippen molar-refractivity contribution in [1.82, 2.24) is 0 Å². The van der Waals surface area contributed by atoms with Crippen molar-refractivity contribution in [2.24, 2.45) is 0 Å². The summed E-state index contributed by atoms with van der Waals surface area (Å²) in [5, 5.41) is 8.90. The molecule has 0 aromatic carbocycles. The predicted molar refractivity (Wildman–Crippen MR) is 39.9 cm³/mol. The third-order valence-corrected chi connectivity index (χ3v) is 1.80. The van der Waals surface area contributed by atoms with Crippen molar-refractivity contribution in [3.63, 3.8) is 0 Å². The molecule has 0 amide bonds. The molecule has 0 saturated carbocycles. The first-order valence-corrected chi connectivity index (χ1v) is 4.08. The maximum absolute atomic E-state index is 8.90. The number of aliphatic hydroxyl groups excluding tert-OH is 1. The fourth-order valence-corrected chi connectivity index (χ4v) is 1.05. The van der Waals surface area contributed by atoms with Crippen LogP contribution in [0.15, 0.2) is 0 Å². The van der Waals surface area contributed by atoms with Gasteiger partial charge in [-0.2, -0.15) is 0 Å². The average molecular weight is 144 g/mol. The SMILES string of the molecule is C[C@H](O)CCCC[C@@H]1CO1. The minimum absolute atomic E-state index is 0.125. The first kappa shape index (κ1) is 8.02. The molecule has 60 valence electrons. The topological polar surface area (TPSA) is 32.8 Å². The lowest BCUT2D eigenvalue weighted by Gasteiger charge is -2.01. The zero-order chi connectivity index (χ0) is 7.40. The molecule has 1 saturated heterocycles. The quantitative estimate of drug-likeness (QED) is 0.466. The third kappa shape index (κ3) is 3.85. The van der Waals surface area contributed by atoms with E-state index >= 15 is 0 Å². The number of ether oxygens (including phenoxy) is 1. The summed E-state index contributed by atoms with van der Waals surface area (Å²) < 4.78 is 5.05. The van der Waals surface area contributed by atoms with E-state index in [0.29, 0.717) is 6.10 Å². The van der Waals surface area contributed by atoms with Gasteiger partial charge in [0.15, 0.2) is 0 Å². The molecule has 2 atom stereocenters. The minimum Gasteiger partial charge on any atom is -0.393 e. The Balaban J connectivity index is 1.76. The van der Waals surface area contributed by atoms with Crippen LogP contribution >= 0.6 is 0 Å². The van der Waals surface area contributed by atoms with Crippen LogP contribution in [0.4, 0.5) is 0 Å². The molecule has 0 aromatic heterocycles. The molecule has 1 rings (SSSR count). The smallest absolute Gasteiger partial charge is 0.0810 e. The number of hydrogen-bond donors (Lipinski definition) is 1. The van der Waals surface area contributed by atoms with E-state index in [1.54, 1.807) is 0 Å². The van der Waals surface area contributed by atoms with Gasteiger partial charge in [-0.25, -0.2) is 0 Å². The van der Waals surface area contributed by atoms with E-state index in [1.165, 1.54) is 12.8 Å². The Kier molecular flexibility index (Phi) is 3.16. The van der Waals surface area contributed by atoms with E-state index < -0.39 is 0 Å². The highest BCUT2D eigenvalue weighted by Gasteiger charge is 2.20. The first-order valence-electron chi connectivity index (χ1n) is 4.08. The van der Waals surface area contributed by atoms with Gasteiger partial charge < -0.3 is 9.84 Å². The van der Waals surface area contributed by atoms with Gasteiger partial charge in [0, 0.05) is 0 Å². The van der Waals surface area contributed by atoms with Gasteiger partial charge >= 0.3 is 0 Å². The van der Waals surface area contributed by atoms with Crippen LogP contribution in [-0.4, -0.2) is 23.9 Å². The Morgan fingerprint density at radius 2 is 2.30 bits per heavy atom. The van der Waals surface area contributed by atoms with Crippen molar-refractivity contribution in [1.29, 1.82) is 0 Å². The number of hydrogen-bond acceptors (Lipinski definition) is 2. The Hall–Kier alpha value is -0.0800. The zero-order valence-electron chi connectivity index (χ0n) is 6.55. The van der Waals surface area contributed by atoms with Crippen LogP contribution in [0.1, 0.15) is 32.6 Å². The highest BCUT2D eigenvalue weighted by molar-refractivity contribution is 4.68. The Morgan fingerprint density at radius 1 is 1.60 bits per heavy atom. The summed E-state index contributed by atoms with van der Waals surface area (Å²) in [5.74, 6) is 0. The van der Waals surface area contributed by atoms with Gasteiger partial charge in [-0.3, -0.25) is 0 Å². The maximum Gasteiger partial charge on any atom is 0.0810 e. The van der Waals surface area contributed by atoms with Gasteiger partial charge in [-0.1, -0.05) is 12.8 Å². The molecule has 1 aliphatic heterocycles. The molecule has 1 aliphatic rings. The summed E-state index contributed by atoms with van der Waals surface area (Å²) in [5.41, 5.74) is 0. The summed E-state index contributed by atoms with van der Waals surface area (Å²) in [6.07, 6.45) is 4.90. The van der Waals surface area contributed by atoms with E-state index in [4.69, 9.17) is 9.84 Å². The molecule has 2 heteroatoms. The van der Waals surface area contributed by atoms with Crippen LogP contribution < -0.4 is 0 Å². The number of epoxide rings is 1. The molecular weight excluding hydrogens is 128 g/mol. The predicted octanol–water partition coefficient (Wildman–Crippen LogP) is 1.33. The van der Waals surface area contributed by atoms with Crippen LogP contribution in [0.3, 0.4) is 0 Å². The molecule has 1 fully saturated rings. The van der Waals surface area contributed by atoms with Crippen LogP contribution in [0, 0.1) is 0 Å². The first-order chi connectivity index (χ1) is 4.79. The lowest BCUT2D eigenvalue weighted by molar-refractivity contribution is 0.180. The van der Waals surface area contributed by atoms with Crippen LogP contribution in [0.25, 0.3) is 0 Å². The largest absolute Gasteiger partial charge is 0.393 e. The van der Waals surface area contributed by atoms with E-state index in [0.717, 1.165) is 19.4 Å². The number of aliphatic hydroxyl groups is 1. The van der Waals surface area contributed by atoms with Crippen molar-refractivity contribution in [2.45, 2.75) is 44.8 Å². The highest BCUT2D eigenvalue weighted by atomic mass is 16.6. The van der Waals surface area contributed by atoms with Crippen LogP contribution in [0.5, 0.6) is 0 Å². The molecule has 10 heavy (non-hydrogen) atoms. The summed E-state index contributed by atoms with van der Waals surface area (Å²) in [6, 6.07) is 0. The second-order valence-electron chi connectivity index (χ2n) is 3.09. The van der Waals surface area contributed by atoms with E-state index in [-0.39, 0.29) is 6.10 Å². The van der Waals surface area contributed by atoms with E-state index in [9.17, 15) is 0 Å². The molecule has 0 unspecified atom stereocenters. The lowest BCUT2D eigenvalue weighted by Crippen LogP contribution is -1.98. The second kappa shape index (κ2) is 3.94. The molecule has 1 N–H and O–H groups in total. The maximum atomic E-state index is 8.90. The van der Waals surface area contributed by atoms with Gasteiger partial charge in [0.2, 0.25) is 0 Å². The van der Waals surface area contributed by atoms with Gasteiger partial charge in [0.05, 0.1) is 18.8 Å².